The molecule has 0 unspecified atom stereocenters. The molecule has 3 nitrogen and oxygen atoms in total. The Bertz CT molecular complexity index is 128. The van der Waals surface area contributed by atoms with Gasteiger partial charge in [-0.2, -0.15) is 0 Å². The quantitative estimate of drug-likeness (QED) is 0.495. The molecule has 0 amide bonds. The molecule has 0 aromatic rings. The number of nitrogens with one attached hydrogen (secondary N) is 2. The standard InChI is InChI=1S/C8H18N2OS/c1-7(2)6-10-8(12)9-4-5-11-3/h7H,4-6H2,1-3H3,(H2,9,10,12). The van der Waals surface area contributed by atoms with Gasteiger partial charge in [-0.05, 0) is 18.1 Å². The van der Waals surface area contributed by atoms with Crippen molar-refractivity contribution in [2.24, 2.45) is 5.92 Å². The Hall–Kier alpha value is -0.350. The largest absolute Gasteiger partial charge is 0.383 e. The molecule has 12 heavy (non-hydrogen) atoms. The topological polar surface area (TPSA) is 33.3 Å². The predicted octanol–water partition coefficient (Wildman–Crippen LogP) is 0.753. The molecule has 0 saturated carbocycles. The second-order valence-corrected chi connectivity index (χ2v) is 3.43. The highest BCUT2D eigenvalue weighted by Crippen LogP contribution is 1.86. The summed E-state index contributed by atoms with van der Waals surface area (Å²) in [6.07, 6.45) is 0. The zero-order valence-electron chi connectivity index (χ0n) is 8.02. The fourth-order valence-corrected chi connectivity index (χ4v) is 0.811. The summed E-state index contributed by atoms with van der Waals surface area (Å²) < 4.78 is 4.87. The maximum atomic E-state index is 5.01. The van der Waals surface area contributed by atoms with Crippen molar-refractivity contribution in [1.82, 2.24) is 10.6 Å². The lowest BCUT2D eigenvalue weighted by Crippen LogP contribution is -2.38. The van der Waals surface area contributed by atoms with Gasteiger partial charge in [0.15, 0.2) is 5.11 Å². The van der Waals surface area contributed by atoms with Crippen molar-refractivity contribution in [2.45, 2.75) is 13.8 Å². The molecule has 0 aromatic carbocycles. The van der Waals surface area contributed by atoms with E-state index >= 15 is 0 Å². The van der Waals surface area contributed by atoms with Crippen LogP contribution in [0.3, 0.4) is 0 Å². The minimum Gasteiger partial charge on any atom is -0.383 e. The molecular weight excluding hydrogens is 172 g/mol. The molecule has 0 aromatic heterocycles. The third-order valence-corrected chi connectivity index (χ3v) is 1.55. The molecule has 0 spiro atoms. The number of thiocarbonyl (C=S) groups is 1. The Morgan fingerprint density at radius 2 is 2.08 bits per heavy atom. The Kier molecular flexibility index (Phi) is 7.09. The van der Waals surface area contributed by atoms with Crippen molar-refractivity contribution >= 4 is 17.3 Å². The molecule has 0 aliphatic heterocycles. The van der Waals surface area contributed by atoms with Gasteiger partial charge in [0.25, 0.3) is 0 Å². The summed E-state index contributed by atoms with van der Waals surface area (Å²) in [5.74, 6) is 0.618. The first-order valence-corrected chi connectivity index (χ1v) is 4.58. The number of ether oxygens (including phenoxy) is 1. The number of rotatable bonds is 5. The van der Waals surface area contributed by atoms with Crippen LogP contribution in [-0.2, 0) is 4.74 Å². The van der Waals surface area contributed by atoms with Crippen LogP contribution in [0.1, 0.15) is 13.8 Å². The number of hydrogen-bond donors (Lipinski definition) is 2. The summed E-state index contributed by atoms with van der Waals surface area (Å²) in [5.41, 5.74) is 0. The van der Waals surface area contributed by atoms with Gasteiger partial charge in [0, 0.05) is 20.2 Å². The lowest BCUT2D eigenvalue weighted by atomic mass is 10.2. The van der Waals surface area contributed by atoms with Crippen molar-refractivity contribution < 1.29 is 4.74 Å². The number of hydrogen-bond acceptors (Lipinski definition) is 2. The first kappa shape index (κ1) is 11.6. The van der Waals surface area contributed by atoms with Gasteiger partial charge in [0.1, 0.15) is 0 Å². The molecule has 0 radical (unpaired) electrons. The van der Waals surface area contributed by atoms with E-state index < -0.39 is 0 Å². The second-order valence-electron chi connectivity index (χ2n) is 3.02. The highest BCUT2D eigenvalue weighted by molar-refractivity contribution is 7.80. The van der Waals surface area contributed by atoms with Crippen LogP contribution in [0.5, 0.6) is 0 Å². The van der Waals surface area contributed by atoms with Gasteiger partial charge in [-0.15, -0.1) is 0 Å². The maximum absolute atomic E-state index is 5.01. The monoisotopic (exact) mass is 190 g/mol. The third-order valence-electron chi connectivity index (χ3n) is 1.26. The lowest BCUT2D eigenvalue weighted by molar-refractivity contribution is 0.204. The lowest BCUT2D eigenvalue weighted by Gasteiger charge is -2.11. The number of methoxy groups -OCH3 is 1. The summed E-state index contributed by atoms with van der Waals surface area (Å²) in [5, 5.41) is 6.85. The summed E-state index contributed by atoms with van der Waals surface area (Å²) >= 11 is 5.01. The van der Waals surface area contributed by atoms with E-state index in [2.05, 4.69) is 24.5 Å². The van der Waals surface area contributed by atoms with Crippen LogP contribution < -0.4 is 10.6 Å². The molecule has 2 N–H and O–H groups in total. The van der Waals surface area contributed by atoms with E-state index in [1.807, 2.05) is 0 Å². The van der Waals surface area contributed by atoms with Crippen molar-refractivity contribution in [3.05, 3.63) is 0 Å². The Balaban J connectivity index is 3.22. The molecule has 0 bridgehead atoms. The second kappa shape index (κ2) is 7.31. The smallest absolute Gasteiger partial charge is 0.166 e. The Morgan fingerprint density at radius 3 is 2.58 bits per heavy atom. The predicted molar refractivity (Wildman–Crippen MR) is 55.3 cm³/mol. The summed E-state index contributed by atoms with van der Waals surface area (Å²) in [4.78, 5) is 0. The van der Waals surface area contributed by atoms with Crippen LogP contribution in [0.2, 0.25) is 0 Å². The minimum atomic E-state index is 0.618. The molecule has 0 atom stereocenters. The maximum Gasteiger partial charge on any atom is 0.166 e. The fourth-order valence-electron chi connectivity index (χ4n) is 0.626. The van der Waals surface area contributed by atoms with E-state index in [1.54, 1.807) is 7.11 Å². The van der Waals surface area contributed by atoms with Crippen LogP contribution >= 0.6 is 12.2 Å². The van der Waals surface area contributed by atoms with Gasteiger partial charge < -0.3 is 15.4 Å². The van der Waals surface area contributed by atoms with E-state index in [4.69, 9.17) is 17.0 Å². The molecule has 0 aliphatic rings. The molecule has 4 heteroatoms. The first-order chi connectivity index (χ1) is 5.66. The Labute approximate surface area is 79.9 Å². The highest BCUT2D eigenvalue weighted by atomic mass is 32.1. The van der Waals surface area contributed by atoms with Crippen LogP contribution in [0.25, 0.3) is 0 Å². The van der Waals surface area contributed by atoms with Gasteiger partial charge in [-0.25, -0.2) is 0 Å². The SMILES string of the molecule is COCCNC(=S)NCC(C)C. The molecule has 0 rings (SSSR count). The van der Waals surface area contributed by atoms with E-state index in [0.717, 1.165) is 13.1 Å². The minimum absolute atomic E-state index is 0.618. The molecule has 72 valence electrons. The van der Waals surface area contributed by atoms with E-state index in [0.29, 0.717) is 17.6 Å². The summed E-state index contributed by atoms with van der Waals surface area (Å²) in [6.45, 7) is 6.65. The Morgan fingerprint density at radius 1 is 1.42 bits per heavy atom. The molecule has 0 saturated heterocycles. The normalized spacial score (nSPS) is 10.0. The zero-order chi connectivity index (χ0) is 9.40. The van der Waals surface area contributed by atoms with Crippen LogP contribution in [-0.4, -0.2) is 31.9 Å². The van der Waals surface area contributed by atoms with Gasteiger partial charge >= 0.3 is 0 Å². The highest BCUT2D eigenvalue weighted by Gasteiger charge is 1.95. The van der Waals surface area contributed by atoms with E-state index in [1.165, 1.54) is 0 Å². The molecule has 0 fully saturated rings. The van der Waals surface area contributed by atoms with E-state index in [-0.39, 0.29) is 0 Å². The summed E-state index contributed by atoms with van der Waals surface area (Å²) in [7, 11) is 1.67. The average molecular weight is 190 g/mol. The average Bonchev–Trinajstić information content (AvgIpc) is 2.01. The van der Waals surface area contributed by atoms with Crippen molar-refractivity contribution in [1.29, 1.82) is 0 Å². The molecule has 0 heterocycles. The third kappa shape index (κ3) is 7.75. The van der Waals surface area contributed by atoms with Gasteiger partial charge in [0.05, 0.1) is 6.61 Å². The van der Waals surface area contributed by atoms with Crippen LogP contribution in [0.15, 0.2) is 0 Å². The van der Waals surface area contributed by atoms with Crippen molar-refractivity contribution in [3.8, 4) is 0 Å². The fraction of sp³-hybridized carbons (Fsp3) is 0.875. The van der Waals surface area contributed by atoms with Gasteiger partial charge in [-0.1, -0.05) is 13.8 Å². The van der Waals surface area contributed by atoms with Crippen LogP contribution in [0.4, 0.5) is 0 Å². The van der Waals surface area contributed by atoms with E-state index in [9.17, 15) is 0 Å². The summed E-state index contributed by atoms with van der Waals surface area (Å²) in [6, 6.07) is 0. The molecular formula is C8H18N2OS. The van der Waals surface area contributed by atoms with Gasteiger partial charge in [0.2, 0.25) is 0 Å². The van der Waals surface area contributed by atoms with Crippen molar-refractivity contribution in [2.75, 3.05) is 26.8 Å². The van der Waals surface area contributed by atoms with Gasteiger partial charge in [-0.3, -0.25) is 0 Å². The van der Waals surface area contributed by atoms with Crippen molar-refractivity contribution in [3.63, 3.8) is 0 Å². The first-order valence-electron chi connectivity index (χ1n) is 4.17. The molecule has 0 aliphatic carbocycles. The zero-order valence-corrected chi connectivity index (χ0v) is 8.83. The van der Waals surface area contributed by atoms with Crippen LogP contribution in [0, 0.1) is 5.92 Å².